The van der Waals surface area contributed by atoms with Crippen LogP contribution in [0.2, 0.25) is 0 Å². The van der Waals surface area contributed by atoms with E-state index in [-0.39, 0.29) is 17.3 Å². The molecular formula is C31H31FN8. The van der Waals surface area contributed by atoms with Crippen LogP contribution in [-0.4, -0.2) is 38.9 Å². The molecule has 0 saturated heterocycles. The first kappa shape index (κ1) is 25.6. The fourth-order valence-electron chi connectivity index (χ4n) is 5.34. The number of benzene rings is 1. The number of aryl methyl sites for hydroxylation is 3. The Kier molecular flexibility index (Phi) is 6.09. The highest BCUT2D eigenvalue weighted by Crippen LogP contribution is 2.37. The maximum Gasteiger partial charge on any atom is 0.254 e. The van der Waals surface area contributed by atoms with E-state index in [1.165, 1.54) is 12.1 Å². The third-order valence-corrected chi connectivity index (χ3v) is 7.28. The molecule has 1 unspecified atom stereocenters. The predicted octanol–water partition coefficient (Wildman–Crippen LogP) is 6.54. The van der Waals surface area contributed by atoms with Crippen molar-refractivity contribution in [2.45, 2.75) is 47.6 Å². The summed E-state index contributed by atoms with van der Waals surface area (Å²) >= 11 is 0. The van der Waals surface area contributed by atoms with Crippen LogP contribution in [0.1, 0.15) is 49.3 Å². The number of rotatable bonds is 5. The second-order valence-corrected chi connectivity index (χ2v) is 11.3. The average Bonchev–Trinajstić information content (AvgIpc) is 3.64. The Bertz CT molecular complexity index is 1820. The lowest BCUT2D eigenvalue weighted by molar-refractivity contribution is 0.265. The van der Waals surface area contributed by atoms with Crippen molar-refractivity contribution in [1.82, 2.24) is 38.9 Å². The number of pyridine rings is 1. The molecule has 8 nitrogen and oxygen atoms in total. The number of halogens is 1. The van der Waals surface area contributed by atoms with Gasteiger partial charge in [-0.3, -0.25) is 9.25 Å². The van der Waals surface area contributed by atoms with Crippen LogP contribution in [0.15, 0.2) is 73.3 Å². The van der Waals surface area contributed by atoms with Crippen LogP contribution < -0.4 is 0 Å². The first-order valence-corrected chi connectivity index (χ1v) is 13.2. The van der Waals surface area contributed by atoms with Crippen LogP contribution in [0.3, 0.4) is 0 Å². The third kappa shape index (κ3) is 4.47. The van der Waals surface area contributed by atoms with Crippen LogP contribution >= 0.6 is 0 Å². The standard InChI is InChI=1S/C31H31FN8/c1-19-7-8-20(2)40(19)30-36-29-21(3)25(14-16-38(29)37-30)28-33-15-13-26(35-28)23-17-34-39(18-23)27(31(4,5)6)22-9-11-24(32)12-10-22/h7-18,27H,1-6H3. The molecule has 6 aromatic rings. The van der Waals surface area contributed by atoms with E-state index in [1.54, 1.807) is 10.7 Å². The van der Waals surface area contributed by atoms with Gasteiger partial charge in [0.15, 0.2) is 11.5 Å². The molecule has 5 heterocycles. The lowest BCUT2D eigenvalue weighted by atomic mass is 9.82. The maximum absolute atomic E-state index is 13.6. The third-order valence-electron chi connectivity index (χ3n) is 7.28. The molecule has 0 fully saturated rings. The van der Waals surface area contributed by atoms with Crippen LogP contribution in [-0.2, 0) is 0 Å². The van der Waals surface area contributed by atoms with E-state index in [0.717, 1.165) is 45.0 Å². The van der Waals surface area contributed by atoms with Crippen molar-refractivity contribution in [2.75, 3.05) is 0 Å². The second kappa shape index (κ2) is 9.51. The molecule has 9 heteroatoms. The molecule has 0 aliphatic heterocycles. The first-order chi connectivity index (χ1) is 19.1. The van der Waals surface area contributed by atoms with Crippen LogP contribution in [0.4, 0.5) is 4.39 Å². The van der Waals surface area contributed by atoms with Crippen molar-refractivity contribution >= 4 is 5.65 Å². The highest BCUT2D eigenvalue weighted by atomic mass is 19.1. The fourth-order valence-corrected chi connectivity index (χ4v) is 5.34. The van der Waals surface area contributed by atoms with E-state index >= 15 is 0 Å². The van der Waals surface area contributed by atoms with E-state index in [2.05, 4.69) is 37.9 Å². The van der Waals surface area contributed by atoms with E-state index in [9.17, 15) is 4.39 Å². The van der Waals surface area contributed by atoms with Gasteiger partial charge in [0.2, 0.25) is 0 Å². The molecule has 202 valence electrons. The highest BCUT2D eigenvalue weighted by molar-refractivity contribution is 5.70. The monoisotopic (exact) mass is 534 g/mol. The summed E-state index contributed by atoms with van der Waals surface area (Å²) in [5, 5.41) is 9.40. The Balaban J connectivity index is 1.36. The SMILES string of the molecule is Cc1c(-c2nccc(-c3cnn(C(c4ccc(F)cc4)C(C)(C)C)c3)n2)ccn2nc(-n3c(C)ccc3C)nc12. The quantitative estimate of drug-likeness (QED) is 0.251. The Morgan fingerprint density at radius 2 is 1.60 bits per heavy atom. The van der Waals surface area contributed by atoms with E-state index in [4.69, 9.17) is 20.2 Å². The van der Waals surface area contributed by atoms with Gasteiger partial charge >= 0.3 is 0 Å². The molecule has 0 radical (unpaired) electrons. The van der Waals surface area contributed by atoms with Gasteiger partial charge in [-0.05, 0) is 68.1 Å². The Morgan fingerprint density at radius 1 is 0.875 bits per heavy atom. The number of hydrogen-bond donors (Lipinski definition) is 0. The number of hydrogen-bond acceptors (Lipinski definition) is 5. The van der Waals surface area contributed by atoms with Gasteiger partial charge in [0.25, 0.3) is 5.95 Å². The molecule has 0 amide bonds. The van der Waals surface area contributed by atoms with Gasteiger partial charge in [-0.15, -0.1) is 5.10 Å². The average molecular weight is 535 g/mol. The molecule has 0 aliphatic carbocycles. The zero-order valence-corrected chi connectivity index (χ0v) is 23.5. The molecule has 5 aromatic heterocycles. The van der Waals surface area contributed by atoms with Gasteiger partial charge in [-0.2, -0.15) is 10.1 Å². The summed E-state index contributed by atoms with van der Waals surface area (Å²) < 4.78 is 19.4. The zero-order valence-electron chi connectivity index (χ0n) is 23.5. The Labute approximate surface area is 232 Å². The summed E-state index contributed by atoms with van der Waals surface area (Å²) in [6.07, 6.45) is 7.47. The molecule has 0 saturated carbocycles. The Hall–Kier alpha value is -4.66. The zero-order chi connectivity index (χ0) is 28.2. The minimum absolute atomic E-state index is 0.0810. The van der Waals surface area contributed by atoms with Crippen LogP contribution in [0, 0.1) is 32.0 Å². The van der Waals surface area contributed by atoms with Crippen molar-refractivity contribution in [1.29, 1.82) is 0 Å². The summed E-state index contributed by atoms with van der Waals surface area (Å²) in [6, 6.07) is 14.5. The summed E-state index contributed by atoms with van der Waals surface area (Å²) in [5.41, 5.74) is 7.24. The highest BCUT2D eigenvalue weighted by Gasteiger charge is 2.29. The number of fused-ring (bicyclic) bond motifs is 1. The summed E-state index contributed by atoms with van der Waals surface area (Å²) in [5.74, 6) is 0.989. The summed E-state index contributed by atoms with van der Waals surface area (Å²) in [7, 11) is 0. The second-order valence-electron chi connectivity index (χ2n) is 11.3. The van der Waals surface area contributed by atoms with Crippen molar-refractivity contribution in [3.8, 4) is 28.6 Å². The summed E-state index contributed by atoms with van der Waals surface area (Å²) in [6.45, 7) is 12.6. The predicted molar refractivity (Wildman–Crippen MR) is 153 cm³/mol. The molecule has 1 atom stereocenters. The first-order valence-electron chi connectivity index (χ1n) is 13.2. The molecule has 1 aromatic carbocycles. The molecule has 40 heavy (non-hydrogen) atoms. The molecule has 6 rings (SSSR count). The van der Waals surface area contributed by atoms with Gasteiger partial charge < -0.3 is 0 Å². The van der Waals surface area contributed by atoms with Gasteiger partial charge in [-0.25, -0.2) is 18.9 Å². The van der Waals surface area contributed by atoms with E-state index in [0.29, 0.717) is 11.8 Å². The fraction of sp³-hybridized carbons (Fsp3) is 0.258. The van der Waals surface area contributed by atoms with Crippen LogP contribution in [0.5, 0.6) is 0 Å². The number of aromatic nitrogens is 8. The van der Waals surface area contributed by atoms with Crippen molar-refractivity contribution in [2.24, 2.45) is 5.41 Å². The molecule has 0 bridgehead atoms. The minimum Gasteiger partial charge on any atom is -0.286 e. The molecule has 0 aliphatic rings. The van der Waals surface area contributed by atoms with E-state index in [1.807, 2.05) is 72.9 Å². The summed E-state index contributed by atoms with van der Waals surface area (Å²) in [4.78, 5) is 14.3. The van der Waals surface area contributed by atoms with Gasteiger partial charge in [0, 0.05) is 46.7 Å². The minimum atomic E-state index is -0.253. The van der Waals surface area contributed by atoms with Crippen molar-refractivity contribution < 1.29 is 4.39 Å². The van der Waals surface area contributed by atoms with Crippen molar-refractivity contribution in [3.63, 3.8) is 0 Å². The number of nitrogens with zero attached hydrogens (tertiary/aromatic N) is 8. The van der Waals surface area contributed by atoms with Gasteiger partial charge in [0.05, 0.1) is 17.9 Å². The normalized spacial score (nSPS) is 12.8. The lowest BCUT2D eigenvalue weighted by Gasteiger charge is -2.31. The maximum atomic E-state index is 13.6. The largest absolute Gasteiger partial charge is 0.286 e. The topological polar surface area (TPSA) is 78.7 Å². The van der Waals surface area contributed by atoms with E-state index < -0.39 is 0 Å². The van der Waals surface area contributed by atoms with Crippen molar-refractivity contribution in [3.05, 3.63) is 102 Å². The van der Waals surface area contributed by atoms with Gasteiger partial charge in [-0.1, -0.05) is 32.9 Å². The smallest absolute Gasteiger partial charge is 0.254 e. The molecular weight excluding hydrogens is 503 g/mol. The lowest BCUT2D eigenvalue weighted by Crippen LogP contribution is -2.26. The van der Waals surface area contributed by atoms with Crippen LogP contribution in [0.25, 0.3) is 34.2 Å². The molecule has 0 N–H and O–H groups in total. The Morgan fingerprint density at radius 3 is 2.30 bits per heavy atom. The van der Waals surface area contributed by atoms with Gasteiger partial charge in [0.1, 0.15) is 5.82 Å². The molecule has 0 spiro atoms.